The molecule has 2 aromatic carbocycles. The van der Waals surface area contributed by atoms with Gasteiger partial charge in [-0.1, -0.05) is 37.1 Å². The highest BCUT2D eigenvalue weighted by molar-refractivity contribution is 5.73. The maximum atomic E-state index is 15.5. The quantitative estimate of drug-likeness (QED) is 0.220. The number of aryl methyl sites for hydroxylation is 2. The number of alkyl halides is 1. The van der Waals surface area contributed by atoms with E-state index in [4.69, 9.17) is 4.74 Å². The van der Waals surface area contributed by atoms with Crippen LogP contribution in [0.2, 0.25) is 0 Å². The predicted molar refractivity (Wildman–Crippen MR) is 165 cm³/mol. The van der Waals surface area contributed by atoms with Crippen molar-refractivity contribution >= 4 is 5.97 Å². The van der Waals surface area contributed by atoms with Gasteiger partial charge in [0.1, 0.15) is 6.17 Å². The van der Waals surface area contributed by atoms with Gasteiger partial charge in [0.25, 0.3) is 5.56 Å². The van der Waals surface area contributed by atoms with E-state index in [0.717, 1.165) is 41.5 Å². The first-order valence-corrected chi connectivity index (χ1v) is 15.6. The van der Waals surface area contributed by atoms with Gasteiger partial charge in [-0.2, -0.15) is 0 Å². The highest BCUT2D eigenvalue weighted by Gasteiger charge is 2.30. The molecular formula is C35H42F3N3O3. The predicted octanol–water partition coefficient (Wildman–Crippen LogP) is 6.23. The Kier molecular flexibility index (Phi) is 10.3. The van der Waals surface area contributed by atoms with Crippen molar-refractivity contribution in [2.45, 2.75) is 71.1 Å². The first-order valence-electron chi connectivity index (χ1n) is 15.6. The second-order valence-corrected chi connectivity index (χ2v) is 12.3. The van der Waals surface area contributed by atoms with Gasteiger partial charge in [0.05, 0.1) is 13.0 Å². The van der Waals surface area contributed by atoms with Crippen LogP contribution >= 0.6 is 0 Å². The average Bonchev–Trinajstić information content (AvgIpc) is 3.79. The van der Waals surface area contributed by atoms with Gasteiger partial charge in [0, 0.05) is 56.1 Å². The molecule has 1 unspecified atom stereocenters. The number of pyridine rings is 1. The van der Waals surface area contributed by atoms with E-state index in [-0.39, 0.29) is 36.7 Å². The van der Waals surface area contributed by atoms with E-state index in [9.17, 15) is 14.0 Å². The standard InChI is InChI=1S/C35H42F3N3O3/c1-4-44-33(43)17-31(29-15-26(16-30(37)35(29)38)34-22(2)6-5-7-23(34)3)39-18-28(14-24-8-9-24)41-19-25(10-11-32(41)42)12-13-40-20-27(36)21-40/h5-7,10-11,15-16,19,24,27-28,31,39H,4,8-9,12-14,17-18,20-21H2,1-3H3/t28?,31-/m0/s1. The lowest BCUT2D eigenvalue weighted by molar-refractivity contribution is -0.143. The van der Waals surface area contributed by atoms with Gasteiger partial charge >= 0.3 is 5.97 Å². The molecular weight excluding hydrogens is 567 g/mol. The van der Waals surface area contributed by atoms with Gasteiger partial charge in [-0.3, -0.25) is 14.5 Å². The summed E-state index contributed by atoms with van der Waals surface area (Å²) < 4.78 is 50.9. The van der Waals surface area contributed by atoms with Gasteiger partial charge in [0.2, 0.25) is 0 Å². The minimum atomic E-state index is -1.01. The number of ether oxygens (including phenoxy) is 1. The van der Waals surface area contributed by atoms with Gasteiger partial charge < -0.3 is 14.6 Å². The van der Waals surface area contributed by atoms with Crippen molar-refractivity contribution in [2.24, 2.45) is 5.92 Å². The number of carbonyl (C=O) groups excluding carboxylic acids is 1. The second kappa shape index (κ2) is 14.1. The summed E-state index contributed by atoms with van der Waals surface area (Å²) in [5, 5.41) is 3.34. The SMILES string of the molecule is CCOC(=O)C[C@H](NCC(CC1CC1)n1cc(CCN2CC(F)C2)ccc1=O)c1cc(-c2c(C)cccc2C)cc(F)c1F. The normalized spacial score (nSPS) is 16.9. The zero-order valence-corrected chi connectivity index (χ0v) is 25.8. The number of benzene rings is 2. The first-order chi connectivity index (χ1) is 21.1. The fourth-order valence-corrected chi connectivity index (χ4v) is 6.23. The molecule has 2 aliphatic rings. The smallest absolute Gasteiger partial charge is 0.307 e. The molecule has 1 aliphatic heterocycles. The molecule has 0 amide bonds. The first kappa shape index (κ1) is 32.0. The molecule has 1 saturated carbocycles. The van der Waals surface area contributed by atoms with E-state index in [1.807, 2.05) is 49.2 Å². The Labute approximate surface area is 257 Å². The lowest BCUT2D eigenvalue weighted by atomic mass is 9.92. The Hall–Kier alpha value is -3.43. The number of hydrogen-bond acceptors (Lipinski definition) is 5. The lowest BCUT2D eigenvalue weighted by Gasteiger charge is -2.34. The van der Waals surface area contributed by atoms with Crippen molar-refractivity contribution in [1.29, 1.82) is 0 Å². The minimum absolute atomic E-state index is 0.0442. The Morgan fingerprint density at radius 2 is 1.82 bits per heavy atom. The van der Waals surface area contributed by atoms with Crippen LogP contribution in [0.5, 0.6) is 0 Å². The molecule has 1 N–H and O–H groups in total. The maximum Gasteiger partial charge on any atom is 0.307 e. The molecule has 0 spiro atoms. The summed E-state index contributed by atoms with van der Waals surface area (Å²) in [4.78, 5) is 27.8. The fraction of sp³-hybridized carbons (Fsp3) is 0.486. The van der Waals surface area contributed by atoms with Crippen LogP contribution in [0.3, 0.4) is 0 Å². The summed E-state index contributed by atoms with van der Waals surface area (Å²) in [6.45, 7) is 7.59. The molecule has 1 aliphatic carbocycles. The summed E-state index contributed by atoms with van der Waals surface area (Å²) >= 11 is 0. The molecule has 1 saturated heterocycles. The van der Waals surface area contributed by atoms with Crippen LogP contribution in [0, 0.1) is 31.4 Å². The minimum Gasteiger partial charge on any atom is -0.466 e. The number of nitrogens with one attached hydrogen (secondary N) is 1. The Morgan fingerprint density at radius 1 is 1.09 bits per heavy atom. The molecule has 0 bridgehead atoms. The molecule has 44 heavy (non-hydrogen) atoms. The number of esters is 1. The molecule has 5 rings (SSSR count). The number of halogens is 3. The third-order valence-electron chi connectivity index (χ3n) is 8.80. The average molecular weight is 610 g/mol. The summed E-state index contributed by atoms with van der Waals surface area (Å²) in [7, 11) is 0. The van der Waals surface area contributed by atoms with E-state index in [1.165, 1.54) is 6.07 Å². The monoisotopic (exact) mass is 609 g/mol. The van der Waals surface area contributed by atoms with Crippen LogP contribution in [-0.2, 0) is 16.0 Å². The number of likely N-dealkylation sites (tertiary alicyclic amines) is 1. The zero-order valence-electron chi connectivity index (χ0n) is 25.8. The number of carbonyl (C=O) groups is 1. The Morgan fingerprint density at radius 3 is 2.48 bits per heavy atom. The molecule has 2 heterocycles. The third kappa shape index (κ3) is 7.80. The number of hydrogen-bond donors (Lipinski definition) is 1. The van der Waals surface area contributed by atoms with Gasteiger partial charge in [-0.05, 0) is 79.5 Å². The topological polar surface area (TPSA) is 63.6 Å². The van der Waals surface area contributed by atoms with E-state index < -0.39 is 29.8 Å². The van der Waals surface area contributed by atoms with E-state index in [0.29, 0.717) is 37.5 Å². The maximum absolute atomic E-state index is 15.5. The van der Waals surface area contributed by atoms with Gasteiger partial charge in [0.15, 0.2) is 11.6 Å². The second-order valence-electron chi connectivity index (χ2n) is 12.3. The largest absolute Gasteiger partial charge is 0.466 e. The fourth-order valence-electron chi connectivity index (χ4n) is 6.23. The molecule has 2 atom stereocenters. The molecule has 2 fully saturated rings. The van der Waals surface area contributed by atoms with Gasteiger partial charge in [-0.25, -0.2) is 13.2 Å². The van der Waals surface area contributed by atoms with Crippen molar-refractivity contribution < 1.29 is 22.7 Å². The van der Waals surface area contributed by atoms with Crippen molar-refractivity contribution in [3.63, 3.8) is 0 Å². The molecule has 1 aromatic heterocycles. The van der Waals surface area contributed by atoms with Crippen LogP contribution in [-0.4, -0.2) is 54.4 Å². The Balaban J connectivity index is 1.43. The van der Waals surface area contributed by atoms with Crippen molar-refractivity contribution in [1.82, 2.24) is 14.8 Å². The highest BCUT2D eigenvalue weighted by Crippen LogP contribution is 2.37. The van der Waals surface area contributed by atoms with Crippen LogP contribution in [0.25, 0.3) is 11.1 Å². The summed E-state index contributed by atoms with van der Waals surface area (Å²) in [5.41, 5.74) is 4.08. The third-order valence-corrected chi connectivity index (χ3v) is 8.80. The summed E-state index contributed by atoms with van der Waals surface area (Å²) in [6.07, 6.45) is 4.50. The molecule has 0 radical (unpaired) electrons. The van der Waals surface area contributed by atoms with Crippen LogP contribution in [0.4, 0.5) is 13.2 Å². The summed E-state index contributed by atoms with van der Waals surface area (Å²) in [5.74, 6) is -2.05. The lowest BCUT2D eigenvalue weighted by Crippen LogP contribution is -2.48. The van der Waals surface area contributed by atoms with Crippen LogP contribution in [0.1, 0.15) is 66.9 Å². The van der Waals surface area contributed by atoms with Crippen LogP contribution in [0.15, 0.2) is 53.5 Å². The Bertz CT molecular complexity index is 1510. The number of aromatic nitrogens is 1. The number of nitrogens with zero attached hydrogens (tertiary/aromatic N) is 2. The van der Waals surface area contributed by atoms with Crippen molar-refractivity contribution in [3.8, 4) is 11.1 Å². The zero-order chi connectivity index (χ0) is 31.4. The molecule has 9 heteroatoms. The van der Waals surface area contributed by atoms with Crippen LogP contribution < -0.4 is 10.9 Å². The van der Waals surface area contributed by atoms with E-state index in [1.54, 1.807) is 23.6 Å². The molecule has 6 nitrogen and oxygen atoms in total. The van der Waals surface area contributed by atoms with E-state index >= 15 is 8.78 Å². The molecule has 3 aromatic rings. The molecule has 236 valence electrons. The van der Waals surface area contributed by atoms with Gasteiger partial charge in [-0.15, -0.1) is 0 Å². The van der Waals surface area contributed by atoms with Crippen molar-refractivity contribution in [2.75, 3.05) is 32.8 Å². The number of rotatable bonds is 14. The van der Waals surface area contributed by atoms with E-state index in [2.05, 4.69) is 5.32 Å². The summed E-state index contributed by atoms with van der Waals surface area (Å²) in [6, 6.07) is 10.8. The highest BCUT2D eigenvalue weighted by atomic mass is 19.2. The van der Waals surface area contributed by atoms with Crippen molar-refractivity contribution in [3.05, 3.63) is 92.9 Å².